The molecule has 4 amide bonds. The predicted molar refractivity (Wildman–Crippen MR) is 195 cm³/mol. The lowest BCUT2D eigenvalue weighted by Gasteiger charge is -2.37. The molecule has 4 N–H and O–H groups in total. The number of hydrogen-bond donors (Lipinski definition) is 4. The first-order valence-corrected chi connectivity index (χ1v) is 18.1. The molecular weight excluding hydrogens is 684 g/mol. The molecular formula is C39H47ClN6O6. The third-order valence-electron chi connectivity index (χ3n) is 9.73. The lowest BCUT2D eigenvalue weighted by atomic mass is 9.81. The standard InChI is InChI=1S/C39H47ClN6O6/c1-6-11-28(31(47)34(49)42-27-16-17-27)43-33(48)30-21-39(20-29(45-52-39)25-14-10-15-26(40)18-25)23-46(30)35(50)32(37(2,3)4)44-36(51)38(5,22-41)19-24-12-8-7-9-13-24/h7-10,12-15,18,20,27-28,30,32,45H,6,11,16-17,19,21,23H2,1-5H3,(H,42,49)(H,43,48)(H,44,51)/t28-,30-,32+,38?,39+/m0/s1. The fourth-order valence-corrected chi connectivity index (χ4v) is 6.76. The molecule has 2 aromatic rings. The number of hydrogen-bond acceptors (Lipinski definition) is 8. The van der Waals surface area contributed by atoms with E-state index in [-0.39, 0.29) is 31.8 Å². The lowest BCUT2D eigenvalue weighted by Crippen LogP contribution is -2.60. The molecule has 3 aliphatic rings. The summed E-state index contributed by atoms with van der Waals surface area (Å²) in [5.41, 5.74) is 1.53. The number of nitrogens with zero attached hydrogens (tertiary/aromatic N) is 2. The molecule has 5 atom stereocenters. The van der Waals surface area contributed by atoms with Crippen molar-refractivity contribution < 1.29 is 28.8 Å². The molecule has 1 saturated carbocycles. The normalized spacial score (nSPS) is 21.9. The number of carbonyl (C=O) groups excluding carboxylic acids is 5. The largest absolute Gasteiger partial charge is 0.347 e. The van der Waals surface area contributed by atoms with Crippen molar-refractivity contribution in [1.82, 2.24) is 26.3 Å². The summed E-state index contributed by atoms with van der Waals surface area (Å²) in [5.74, 6) is -3.31. The van der Waals surface area contributed by atoms with Gasteiger partial charge in [-0.1, -0.05) is 88.2 Å². The monoisotopic (exact) mass is 730 g/mol. The second-order valence-corrected chi connectivity index (χ2v) is 15.8. The molecule has 12 nitrogen and oxygen atoms in total. The van der Waals surface area contributed by atoms with Crippen molar-refractivity contribution in [1.29, 1.82) is 5.26 Å². The molecule has 276 valence electrons. The van der Waals surface area contributed by atoms with E-state index in [1.54, 1.807) is 45.0 Å². The Balaban J connectivity index is 1.45. The molecule has 2 aromatic carbocycles. The molecule has 1 aliphatic carbocycles. The highest BCUT2D eigenvalue weighted by atomic mass is 35.5. The summed E-state index contributed by atoms with van der Waals surface area (Å²) in [4.78, 5) is 76.3. The number of amides is 4. The summed E-state index contributed by atoms with van der Waals surface area (Å²) in [6.07, 6.45) is 4.28. The first-order valence-electron chi connectivity index (χ1n) is 17.7. The number of nitriles is 1. The van der Waals surface area contributed by atoms with Crippen molar-refractivity contribution in [3.8, 4) is 6.07 Å². The van der Waals surface area contributed by atoms with E-state index in [2.05, 4.69) is 27.5 Å². The van der Waals surface area contributed by atoms with Gasteiger partial charge in [0.1, 0.15) is 23.1 Å². The molecule has 1 spiro atoms. The number of hydroxylamine groups is 1. The minimum atomic E-state index is -1.50. The highest BCUT2D eigenvalue weighted by Crippen LogP contribution is 2.39. The second-order valence-electron chi connectivity index (χ2n) is 15.4. The summed E-state index contributed by atoms with van der Waals surface area (Å²) in [6.45, 7) is 8.67. The zero-order valence-electron chi connectivity index (χ0n) is 30.3. The van der Waals surface area contributed by atoms with Crippen LogP contribution in [0.1, 0.15) is 77.8 Å². The Kier molecular flexibility index (Phi) is 11.5. The maximum Gasteiger partial charge on any atom is 0.289 e. The molecule has 2 heterocycles. The lowest BCUT2D eigenvalue weighted by molar-refractivity contribution is -0.146. The van der Waals surface area contributed by atoms with Crippen LogP contribution in [0.4, 0.5) is 0 Å². The number of benzene rings is 2. The van der Waals surface area contributed by atoms with Crippen molar-refractivity contribution in [3.05, 3.63) is 76.8 Å². The van der Waals surface area contributed by atoms with Crippen molar-refractivity contribution >= 4 is 46.7 Å². The van der Waals surface area contributed by atoms with E-state index >= 15 is 0 Å². The van der Waals surface area contributed by atoms with Gasteiger partial charge in [0.2, 0.25) is 23.5 Å². The molecule has 1 unspecified atom stereocenters. The minimum Gasteiger partial charge on any atom is -0.347 e. The Morgan fingerprint density at radius 3 is 2.38 bits per heavy atom. The van der Waals surface area contributed by atoms with Crippen LogP contribution in [0.5, 0.6) is 0 Å². The number of nitrogens with one attached hydrogen (secondary N) is 4. The molecule has 2 aliphatic heterocycles. The average Bonchev–Trinajstić information content (AvgIpc) is 3.70. The van der Waals surface area contributed by atoms with Gasteiger partial charge >= 0.3 is 0 Å². The highest BCUT2D eigenvalue weighted by Gasteiger charge is 2.54. The predicted octanol–water partition coefficient (Wildman–Crippen LogP) is 3.99. The Hall–Kier alpha value is -4.73. The van der Waals surface area contributed by atoms with Crippen LogP contribution in [0, 0.1) is 22.2 Å². The SMILES string of the molecule is CCC[C@H](NC(=O)[C@@H]1C[C@]2(C=C(c3cccc(Cl)c3)NO2)CN1C(=O)[C@@H](NC(=O)C(C)(C#N)Cc1ccccc1)C(C)(C)C)C(=O)C(=O)NC1CC1. The summed E-state index contributed by atoms with van der Waals surface area (Å²) in [7, 11) is 0. The van der Waals surface area contributed by atoms with E-state index in [0.717, 1.165) is 24.0 Å². The zero-order chi connectivity index (χ0) is 37.8. The van der Waals surface area contributed by atoms with Crippen molar-refractivity contribution in [3.63, 3.8) is 0 Å². The van der Waals surface area contributed by atoms with Gasteiger partial charge in [0, 0.05) is 23.0 Å². The fraction of sp³-hybridized carbons (Fsp3) is 0.487. The van der Waals surface area contributed by atoms with Crippen LogP contribution in [-0.2, 0) is 35.2 Å². The number of halogens is 1. The van der Waals surface area contributed by atoms with Gasteiger partial charge in [-0.05, 0) is 61.8 Å². The molecule has 1 saturated heterocycles. The van der Waals surface area contributed by atoms with Crippen LogP contribution in [0.25, 0.3) is 5.70 Å². The fourth-order valence-electron chi connectivity index (χ4n) is 6.57. The van der Waals surface area contributed by atoms with E-state index in [0.29, 0.717) is 17.1 Å². The summed E-state index contributed by atoms with van der Waals surface area (Å²) in [5, 5.41) is 19.0. The Morgan fingerprint density at radius 1 is 1.06 bits per heavy atom. The Bertz CT molecular complexity index is 1780. The molecule has 0 radical (unpaired) electrons. The van der Waals surface area contributed by atoms with Crippen LogP contribution >= 0.6 is 11.6 Å². The maximum absolute atomic E-state index is 14.7. The molecule has 0 aromatic heterocycles. The van der Waals surface area contributed by atoms with Gasteiger partial charge in [-0.15, -0.1) is 0 Å². The van der Waals surface area contributed by atoms with E-state index in [4.69, 9.17) is 16.4 Å². The van der Waals surface area contributed by atoms with Crippen LogP contribution in [-0.4, -0.2) is 70.6 Å². The van der Waals surface area contributed by atoms with Gasteiger partial charge in [-0.2, -0.15) is 5.26 Å². The minimum absolute atomic E-state index is 0.0116. The van der Waals surface area contributed by atoms with Crippen molar-refractivity contribution in [2.75, 3.05) is 6.54 Å². The third kappa shape index (κ3) is 8.82. The number of carbonyl (C=O) groups is 5. The molecule has 5 rings (SSSR count). The van der Waals surface area contributed by atoms with E-state index in [1.165, 1.54) is 11.8 Å². The van der Waals surface area contributed by atoms with Crippen LogP contribution in [0.3, 0.4) is 0 Å². The van der Waals surface area contributed by atoms with Gasteiger partial charge in [0.05, 0.1) is 24.4 Å². The van der Waals surface area contributed by atoms with Gasteiger partial charge in [-0.3, -0.25) is 34.3 Å². The van der Waals surface area contributed by atoms with E-state index in [9.17, 15) is 29.2 Å². The van der Waals surface area contributed by atoms with Gasteiger partial charge in [0.15, 0.2) is 0 Å². The maximum atomic E-state index is 14.7. The third-order valence-corrected chi connectivity index (χ3v) is 9.96. The van der Waals surface area contributed by atoms with Gasteiger partial charge in [0.25, 0.3) is 5.91 Å². The topological polar surface area (TPSA) is 170 Å². The van der Waals surface area contributed by atoms with Crippen molar-refractivity contribution in [2.45, 2.75) is 103 Å². The molecule has 2 fully saturated rings. The summed E-state index contributed by atoms with van der Waals surface area (Å²) in [6, 6.07) is 15.0. The smallest absolute Gasteiger partial charge is 0.289 e. The van der Waals surface area contributed by atoms with Crippen LogP contribution in [0.2, 0.25) is 5.02 Å². The number of likely N-dealkylation sites (tertiary alicyclic amines) is 1. The van der Waals surface area contributed by atoms with Gasteiger partial charge < -0.3 is 20.9 Å². The highest BCUT2D eigenvalue weighted by molar-refractivity contribution is 6.38. The Morgan fingerprint density at radius 2 is 1.77 bits per heavy atom. The van der Waals surface area contributed by atoms with Crippen LogP contribution < -0.4 is 21.4 Å². The van der Waals surface area contributed by atoms with E-state index in [1.807, 2.05) is 43.3 Å². The number of rotatable bonds is 13. The zero-order valence-corrected chi connectivity index (χ0v) is 31.0. The molecule has 13 heteroatoms. The van der Waals surface area contributed by atoms with E-state index < -0.39 is 64.0 Å². The second kappa shape index (κ2) is 15.5. The summed E-state index contributed by atoms with van der Waals surface area (Å²) >= 11 is 6.25. The van der Waals surface area contributed by atoms with Crippen LogP contribution in [0.15, 0.2) is 60.7 Å². The van der Waals surface area contributed by atoms with Gasteiger partial charge in [-0.25, -0.2) is 0 Å². The quantitative estimate of drug-likeness (QED) is 0.224. The molecule has 52 heavy (non-hydrogen) atoms. The first-order chi connectivity index (χ1) is 24.6. The molecule has 0 bridgehead atoms. The average molecular weight is 731 g/mol. The number of Topliss-reactive ketones (excluding diaryl/α,β-unsaturated/α-hetero) is 1. The number of ketones is 1. The van der Waals surface area contributed by atoms with Crippen molar-refractivity contribution in [2.24, 2.45) is 10.8 Å². The summed E-state index contributed by atoms with van der Waals surface area (Å²) < 4.78 is 0. The first kappa shape index (κ1) is 38.5. The Labute approximate surface area is 309 Å².